The molecule has 5 nitrogen and oxygen atoms in total. The van der Waals surface area contributed by atoms with E-state index in [0.29, 0.717) is 36.0 Å². The summed E-state index contributed by atoms with van der Waals surface area (Å²) in [6.45, 7) is 2.07. The number of hydrogen-bond acceptors (Lipinski definition) is 5. The average Bonchev–Trinajstić information content (AvgIpc) is 2.99. The number of carbonyl (C=O) groups excluding carboxylic acids is 2. The molecule has 1 saturated heterocycles. The Hall–Kier alpha value is -3.81. The van der Waals surface area contributed by atoms with E-state index in [0.717, 1.165) is 28.7 Å². The van der Waals surface area contributed by atoms with Crippen molar-refractivity contribution < 1.29 is 28.8 Å². The predicted molar refractivity (Wildman–Crippen MR) is 157 cm³/mol. The lowest BCUT2D eigenvalue weighted by Gasteiger charge is -2.47. The standard InChI is InChI=1S/C34H32BFO5/c1-2-21-18-26-32(34(39)25-11-7-6-10-24(25)33(26)38)27-19-35(40)41-30(31(21)27)15-13-23(22-8-4-3-5-9-22)16-20-12-14-29(37)28(36)17-20/h3-12,14,16-17,26-27,30,32,37,40H,2,13,15,18-19H2,1H3/b23-16-/t26-,27+,30-,32-/m1/s1. The van der Waals surface area contributed by atoms with Gasteiger partial charge in [-0.1, -0.05) is 79.2 Å². The van der Waals surface area contributed by atoms with Crippen molar-refractivity contribution in [1.82, 2.24) is 0 Å². The molecule has 2 N–H and O–H groups in total. The lowest BCUT2D eigenvalue weighted by atomic mass is 9.54. The quantitative estimate of drug-likeness (QED) is 0.201. The van der Waals surface area contributed by atoms with Crippen LogP contribution in [0.4, 0.5) is 4.39 Å². The molecule has 2 aliphatic carbocycles. The molecule has 1 fully saturated rings. The highest BCUT2D eigenvalue weighted by molar-refractivity contribution is 6.43. The summed E-state index contributed by atoms with van der Waals surface area (Å²) in [6.07, 6.45) is 4.15. The van der Waals surface area contributed by atoms with Crippen LogP contribution in [-0.2, 0) is 4.65 Å². The molecule has 6 rings (SSSR count). The van der Waals surface area contributed by atoms with Crippen molar-refractivity contribution in [1.29, 1.82) is 0 Å². The highest BCUT2D eigenvalue weighted by Crippen LogP contribution is 2.51. The molecular weight excluding hydrogens is 518 g/mol. The molecular formula is C34H32BFO5. The average molecular weight is 550 g/mol. The van der Waals surface area contributed by atoms with Crippen LogP contribution in [0.25, 0.3) is 11.6 Å². The Morgan fingerprint density at radius 1 is 1.00 bits per heavy atom. The van der Waals surface area contributed by atoms with Gasteiger partial charge in [-0.05, 0) is 72.3 Å². The highest BCUT2D eigenvalue weighted by Gasteiger charge is 2.53. The molecule has 1 aliphatic heterocycles. The number of benzene rings is 3. The van der Waals surface area contributed by atoms with Gasteiger partial charge in [0.2, 0.25) is 0 Å². The maximum absolute atomic E-state index is 14.1. The van der Waals surface area contributed by atoms with Gasteiger partial charge in [0.1, 0.15) is 0 Å². The van der Waals surface area contributed by atoms with Crippen LogP contribution in [-0.4, -0.2) is 34.9 Å². The lowest BCUT2D eigenvalue weighted by Crippen LogP contribution is -2.50. The van der Waals surface area contributed by atoms with Gasteiger partial charge in [-0.2, -0.15) is 0 Å². The second-order valence-corrected chi connectivity index (χ2v) is 11.2. The molecule has 3 aromatic carbocycles. The van der Waals surface area contributed by atoms with Crippen LogP contribution in [0.3, 0.4) is 0 Å². The highest BCUT2D eigenvalue weighted by atomic mass is 19.1. The first-order valence-corrected chi connectivity index (χ1v) is 14.3. The summed E-state index contributed by atoms with van der Waals surface area (Å²) in [6, 6.07) is 21.2. The zero-order chi connectivity index (χ0) is 28.7. The van der Waals surface area contributed by atoms with E-state index in [1.165, 1.54) is 12.1 Å². The van der Waals surface area contributed by atoms with E-state index in [9.17, 15) is 24.1 Å². The fraction of sp³-hybridized carbons (Fsp3) is 0.294. The monoisotopic (exact) mass is 550 g/mol. The third-order valence-electron chi connectivity index (χ3n) is 8.92. The third kappa shape index (κ3) is 5.09. The summed E-state index contributed by atoms with van der Waals surface area (Å²) in [5, 5.41) is 20.5. The van der Waals surface area contributed by atoms with Gasteiger partial charge in [0.05, 0.1) is 6.10 Å². The molecule has 208 valence electrons. The van der Waals surface area contributed by atoms with E-state index in [4.69, 9.17) is 4.65 Å². The van der Waals surface area contributed by atoms with E-state index in [1.807, 2.05) is 36.4 Å². The molecule has 0 spiro atoms. The van der Waals surface area contributed by atoms with Crippen molar-refractivity contribution in [3.63, 3.8) is 0 Å². The molecule has 3 aromatic rings. The van der Waals surface area contributed by atoms with Crippen LogP contribution in [0, 0.1) is 23.6 Å². The first-order chi connectivity index (χ1) is 19.9. The molecule has 0 radical (unpaired) electrons. The van der Waals surface area contributed by atoms with Crippen molar-refractivity contribution in [2.24, 2.45) is 17.8 Å². The molecule has 3 aliphatic rings. The molecule has 0 unspecified atom stereocenters. The fourth-order valence-corrected chi connectivity index (χ4v) is 7.06. The summed E-state index contributed by atoms with van der Waals surface area (Å²) >= 11 is 0. The van der Waals surface area contributed by atoms with Gasteiger partial charge in [0, 0.05) is 23.0 Å². The minimum absolute atomic E-state index is 0.0168. The number of carbonyl (C=O) groups is 2. The Kier molecular flexibility index (Phi) is 7.49. The SMILES string of the molecule is CCC1=C2[C@@H](CC/C(=C/c3ccc(O)c(F)c3)c3ccccc3)OB(O)C[C@@H]2[C@@H]2C(=O)c3ccccc3C(=O)[C@@H]2C1. The maximum atomic E-state index is 14.1. The Balaban J connectivity index is 1.34. The Morgan fingerprint density at radius 3 is 2.41 bits per heavy atom. The topological polar surface area (TPSA) is 83.8 Å². The number of ketones is 2. The Labute approximate surface area is 239 Å². The van der Waals surface area contributed by atoms with Crippen molar-refractivity contribution >= 4 is 30.3 Å². The lowest BCUT2D eigenvalue weighted by molar-refractivity contribution is 0.0600. The summed E-state index contributed by atoms with van der Waals surface area (Å²) in [5.74, 6) is -2.28. The van der Waals surface area contributed by atoms with E-state index in [-0.39, 0.29) is 23.8 Å². The van der Waals surface area contributed by atoms with E-state index in [1.54, 1.807) is 30.3 Å². The predicted octanol–water partition coefficient (Wildman–Crippen LogP) is 6.77. The van der Waals surface area contributed by atoms with E-state index in [2.05, 4.69) is 6.92 Å². The van der Waals surface area contributed by atoms with Gasteiger partial charge >= 0.3 is 7.12 Å². The van der Waals surface area contributed by atoms with Crippen molar-refractivity contribution in [2.45, 2.75) is 45.0 Å². The summed E-state index contributed by atoms with van der Waals surface area (Å²) < 4.78 is 20.3. The van der Waals surface area contributed by atoms with Crippen molar-refractivity contribution in [2.75, 3.05) is 0 Å². The molecule has 0 amide bonds. The van der Waals surface area contributed by atoms with Crippen LogP contribution in [0.1, 0.15) is 64.4 Å². The Morgan fingerprint density at radius 2 is 1.71 bits per heavy atom. The maximum Gasteiger partial charge on any atom is 0.455 e. The molecule has 4 atom stereocenters. The number of phenols is 1. The van der Waals surface area contributed by atoms with Crippen molar-refractivity contribution in [3.05, 3.63) is 112 Å². The summed E-state index contributed by atoms with van der Waals surface area (Å²) in [7, 11) is -1.04. The van der Waals surface area contributed by atoms with Crippen LogP contribution in [0.2, 0.25) is 6.32 Å². The van der Waals surface area contributed by atoms with E-state index < -0.39 is 36.6 Å². The van der Waals surface area contributed by atoms with Gasteiger partial charge in [-0.3, -0.25) is 9.59 Å². The first-order valence-electron chi connectivity index (χ1n) is 14.3. The molecule has 41 heavy (non-hydrogen) atoms. The fourth-order valence-electron chi connectivity index (χ4n) is 7.06. The zero-order valence-electron chi connectivity index (χ0n) is 22.9. The van der Waals surface area contributed by atoms with Gasteiger partial charge in [-0.25, -0.2) is 4.39 Å². The minimum atomic E-state index is -1.04. The number of halogens is 1. The van der Waals surface area contributed by atoms with Crippen LogP contribution in [0.5, 0.6) is 5.75 Å². The number of Topliss-reactive ketones (excluding diaryl/α,β-unsaturated/α-hetero) is 2. The third-order valence-corrected chi connectivity index (χ3v) is 8.92. The van der Waals surface area contributed by atoms with Crippen molar-refractivity contribution in [3.8, 4) is 5.75 Å². The molecule has 0 aromatic heterocycles. The molecule has 0 bridgehead atoms. The van der Waals surface area contributed by atoms with Gasteiger partial charge in [-0.15, -0.1) is 0 Å². The smallest absolute Gasteiger partial charge is 0.455 e. The molecule has 0 saturated carbocycles. The minimum Gasteiger partial charge on any atom is -0.505 e. The molecule has 1 heterocycles. The number of rotatable bonds is 6. The van der Waals surface area contributed by atoms with Crippen LogP contribution in [0.15, 0.2) is 83.9 Å². The Bertz CT molecular complexity index is 1560. The zero-order valence-corrected chi connectivity index (χ0v) is 22.9. The second kappa shape index (κ2) is 11.2. The van der Waals surface area contributed by atoms with Gasteiger partial charge in [0.25, 0.3) is 0 Å². The van der Waals surface area contributed by atoms with Gasteiger partial charge < -0.3 is 14.8 Å². The number of phenolic OH excluding ortho intramolecular Hbond substituents is 1. The number of hydrogen-bond donors (Lipinski definition) is 2. The van der Waals surface area contributed by atoms with Gasteiger partial charge in [0.15, 0.2) is 23.1 Å². The summed E-state index contributed by atoms with van der Waals surface area (Å²) in [4.78, 5) is 27.4. The van der Waals surface area contributed by atoms with Crippen LogP contribution < -0.4 is 0 Å². The number of aromatic hydroxyl groups is 1. The molecule has 7 heteroatoms. The summed E-state index contributed by atoms with van der Waals surface area (Å²) in [5.41, 5.74) is 5.74. The van der Waals surface area contributed by atoms with E-state index >= 15 is 0 Å². The normalized spacial score (nSPS) is 24.2. The van der Waals surface area contributed by atoms with Crippen LogP contribution >= 0.6 is 0 Å². The number of fused-ring (bicyclic) bond motifs is 4. The second-order valence-electron chi connectivity index (χ2n) is 11.2. The first kappa shape index (κ1) is 27.4. The largest absolute Gasteiger partial charge is 0.505 e. The number of allylic oxidation sites excluding steroid dienone is 2.